The van der Waals surface area contributed by atoms with Gasteiger partial charge < -0.3 is 5.11 Å². The average molecular weight is 170 g/mol. The highest BCUT2D eigenvalue weighted by Crippen LogP contribution is 2.30. The summed E-state index contributed by atoms with van der Waals surface area (Å²) in [6.45, 7) is 1.63. The van der Waals surface area contributed by atoms with Gasteiger partial charge >= 0.3 is 0 Å². The fraction of sp³-hybridized carbons (Fsp3) is 0.900. The zero-order chi connectivity index (χ0) is 8.97. The molecule has 1 atom stereocenters. The molecule has 70 valence electrons. The molecule has 0 radical (unpaired) electrons. The van der Waals surface area contributed by atoms with Gasteiger partial charge in [0, 0.05) is 5.92 Å². The number of ketones is 1. The Labute approximate surface area is 74.0 Å². The molecule has 0 aromatic heterocycles. The molecule has 1 fully saturated rings. The van der Waals surface area contributed by atoms with E-state index in [1.54, 1.807) is 6.92 Å². The average Bonchev–Trinajstić information content (AvgIpc) is 2.07. The van der Waals surface area contributed by atoms with Crippen LogP contribution in [0.2, 0.25) is 0 Å². The molecule has 12 heavy (non-hydrogen) atoms. The van der Waals surface area contributed by atoms with E-state index in [9.17, 15) is 4.79 Å². The van der Waals surface area contributed by atoms with Gasteiger partial charge in [-0.05, 0) is 25.7 Å². The molecule has 2 heteroatoms. The molecule has 0 aliphatic heterocycles. The Hall–Kier alpha value is -0.370. The Bertz CT molecular complexity index is 148. The van der Waals surface area contributed by atoms with Crippen LogP contribution in [0.3, 0.4) is 0 Å². The molecule has 0 aromatic rings. The van der Waals surface area contributed by atoms with Gasteiger partial charge in [-0.1, -0.05) is 19.3 Å². The molecular formula is C10H18O2. The maximum Gasteiger partial charge on any atom is 0.135 e. The standard InChI is InChI=1S/C10H18O2/c1-8(12)10(7-11)9-5-3-2-4-6-9/h9-11H,2-7H2,1H3. The molecule has 0 amide bonds. The van der Waals surface area contributed by atoms with Crippen LogP contribution in [0.25, 0.3) is 0 Å². The fourth-order valence-corrected chi connectivity index (χ4v) is 2.15. The highest BCUT2D eigenvalue weighted by Gasteiger charge is 2.25. The van der Waals surface area contributed by atoms with E-state index in [2.05, 4.69) is 0 Å². The summed E-state index contributed by atoms with van der Waals surface area (Å²) in [5.41, 5.74) is 0. The quantitative estimate of drug-likeness (QED) is 0.700. The first-order valence-electron chi connectivity index (χ1n) is 4.87. The Morgan fingerprint density at radius 2 is 2.00 bits per heavy atom. The van der Waals surface area contributed by atoms with Crippen LogP contribution in [-0.2, 0) is 4.79 Å². The third kappa shape index (κ3) is 2.31. The van der Waals surface area contributed by atoms with Gasteiger partial charge in [-0.25, -0.2) is 0 Å². The summed E-state index contributed by atoms with van der Waals surface area (Å²) in [6.07, 6.45) is 6.02. The Morgan fingerprint density at radius 3 is 2.42 bits per heavy atom. The molecule has 1 aliphatic rings. The Kier molecular flexibility index (Phi) is 3.73. The largest absolute Gasteiger partial charge is 0.396 e. The smallest absolute Gasteiger partial charge is 0.135 e. The zero-order valence-corrected chi connectivity index (χ0v) is 7.75. The van der Waals surface area contributed by atoms with E-state index in [0.717, 1.165) is 12.8 Å². The first-order valence-corrected chi connectivity index (χ1v) is 4.87. The molecule has 2 nitrogen and oxygen atoms in total. The summed E-state index contributed by atoms with van der Waals surface area (Å²) in [4.78, 5) is 11.1. The Balaban J connectivity index is 2.46. The first kappa shape index (κ1) is 9.72. The van der Waals surface area contributed by atoms with Gasteiger partial charge in [0.25, 0.3) is 0 Å². The van der Waals surface area contributed by atoms with Gasteiger partial charge in [-0.3, -0.25) is 4.79 Å². The third-order valence-electron chi connectivity index (χ3n) is 2.94. The van der Waals surface area contributed by atoms with Gasteiger partial charge in [0.2, 0.25) is 0 Å². The van der Waals surface area contributed by atoms with Crippen molar-refractivity contribution in [3.63, 3.8) is 0 Å². The van der Waals surface area contributed by atoms with Gasteiger partial charge in [0.05, 0.1) is 6.61 Å². The number of hydrogen-bond donors (Lipinski definition) is 1. The third-order valence-corrected chi connectivity index (χ3v) is 2.94. The van der Waals surface area contributed by atoms with E-state index in [1.807, 2.05) is 0 Å². The van der Waals surface area contributed by atoms with E-state index in [4.69, 9.17) is 5.11 Å². The van der Waals surface area contributed by atoms with Crippen LogP contribution in [0.1, 0.15) is 39.0 Å². The molecule has 0 aromatic carbocycles. The molecule has 0 heterocycles. The summed E-state index contributed by atoms with van der Waals surface area (Å²) >= 11 is 0. The second-order valence-electron chi connectivity index (χ2n) is 3.80. The number of Topliss-reactive ketones (excluding diaryl/α,β-unsaturated/α-hetero) is 1. The van der Waals surface area contributed by atoms with Crippen molar-refractivity contribution in [1.29, 1.82) is 0 Å². The van der Waals surface area contributed by atoms with E-state index < -0.39 is 0 Å². The summed E-state index contributed by atoms with van der Waals surface area (Å²) in [6, 6.07) is 0. The summed E-state index contributed by atoms with van der Waals surface area (Å²) in [5, 5.41) is 9.03. The topological polar surface area (TPSA) is 37.3 Å². The minimum Gasteiger partial charge on any atom is -0.396 e. The van der Waals surface area contributed by atoms with Crippen LogP contribution in [0.4, 0.5) is 0 Å². The minimum atomic E-state index is -0.0784. The van der Waals surface area contributed by atoms with E-state index in [-0.39, 0.29) is 18.3 Å². The monoisotopic (exact) mass is 170 g/mol. The molecule has 1 rings (SSSR count). The lowest BCUT2D eigenvalue weighted by atomic mass is 9.79. The van der Waals surface area contributed by atoms with E-state index >= 15 is 0 Å². The molecule has 1 aliphatic carbocycles. The van der Waals surface area contributed by atoms with Crippen molar-refractivity contribution in [2.75, 3.05) is 6.61 Å². The van der Waals surface area contributed by atoms with Crippen molar-refractivity contribution in [2.24, 2.45) is 11.8 Å². The normalized spacial score (nSPS) is 22.2. The molecule has 0 spiro atoms. The predicted molar refractivity (Wildman–Crippen MR) is 47.8 cm³/mol. The van der Waals surface area contributed by atoms with Crippen molar-refractivity contribution in [3.8, 4) is 0 Å². The van der Waals surface area contributed by atoms with Crippen molar-refractivity contribution in [1.82, 2.24) is 0 Å². The van der Waals surface area contributed by atoms with E-state index in [1.165, 1.54) is 19.3 Å². The van der Waals surface area contributed by atoms with E-state index in [0.29, 0.717) is 5.92 Å². The SMILES string of the molecule is CC(=O)C(CO)C1CCCCC1. The maximum atomic E-state index is 11.1. The lowest BCUT2D eigenvalue weighted by molar-refractivity contribution is -0.124. The number of hydrogen-bond acceptors (Lipinski definition) is 2. The molecular weight excluding hydrogens is 152 g/mol. The maximum absolute atomic E-state index is 11.1. The van der Waals surface area contributed by atoms with Crippen molar-refractivity contribution < 1.29 is 9.90 Å². The molecule has 0 saturated heterocycles. The molecule has 1 unspecified atom stereocenters. The van der Waals surface area contributed by atoms with Gasteiger partial charge in [0.1, 0.15) is 5.78 Å². The first-order chi connectivity index (χ1) is 5.75. The molecule has 1 N–H and O–H groups in total. The van der Waals surface area contributed by atoms with Crippen molar-refractivity contribution >= 4 is 5.78 Å². The van der Waals surface area contributed by atoms with Crippen molar-refractivity contribution in [2.45, 2.75) is 39.0 Å². The van der Waals surface area contributed by atoms with Crippen LogP contribution in [0, 0.1) is 11.8 Å². The number of carbonyl (C=O) groups is 1. The second-order valence-corrected chi connectivity index (χ2v) is 3.80. The summed E-state index contributed by atoms with van der Waals surface area (Å²) < 4.78 is 0. The van der Waals surface area contributed by atoms with Crippen molar-refractivity contribution in [3.05, 3.63) is 0 Å². The van der Waals surface area contributed by atoms with Crippen LogP contribution in [0.15, 0.2) is 0 Å². The minimum absolute atomic E-state index is 0.0417. The number of aliphatic hydroxyl groups excluding tert-OH is 1. The Morgan fingerprint density at radius 1 is 1.42 bits per heavy atom. The van der Waals surface area contributed by atoms with Crippen LogP contribution >= 0.6 is 0 Å². The number of rotatable bonds is 3. The second kappa shape index (κ2) is 4.61. The van der Waals surface area contributed by atoms with Crippen LogP contribution in [0.5, 0.6) is 0 Å². The highest BCUT2D eigenvalue weighted by atomic mass is 16.3. The lowest BCUT2D eigenvalue weighted by Crippen LogP contribution is -2.27. The number of aliphatic hydroxyl groups is 1. The van der Waals surface area contributed by atoms with Gasteiger partial charge in [-0.2, -0.15) is 0 Å². The van der Waals surface area contributed by atoms with Crippen LogP contribution < -0.4 is 0 Å². The zero-order valence-electron chi connectivity index (χ0n) is 7.75. The fourth-order valence-electron chi connectivity index (χ4n) is 2.15. The highest BCUT2D eigenvalue weighted by molar-refractivity contribution is 5.78. The summed E-state index contributed by atoms with van der Waals surface area (Å²) in [7, 11) is 0. The van der Waals surface area contributed by atoms with Crippen LogP contribution in [-0.4, -0.2) is 17.5 Å². The molecule has 0 bridgehead atoms. The summed E-state index contributed by atoms with van der Waals surface area (Å²) in [5.74, 6) is 0.538. The number of carbonyl (C=O) groups excluding carboxylic acids is 1. The predicted octanol–water partition coefficient (Wildman–Crippen LogP) is 1.76. The van der Waals surface area contributed by atoms with Gasteiger partial charge in [0.15, 0.2) is 0 Å². The lowest BCUT2D eigenvalue weighted by Gasteiger charge is -2.26. The van der Waals surface area contributed by atoms with Gasteiger partial charge in [-0.15, -0.1) is 0 Å². The molecule has 1 saturated carbocycles.